The lowest BCUT2D eigenvalue weighted by molar-refractivity contribution is 0.205. The standard InChI is InChI=1S/C17H13N3O2/c21-17(22)20(14-6-2-1-3-7-14)15-8-9-16(19-12-15)13-5-4-10-18-11-13/h1-12H,(H,21,22). The van der Waals surface area contributed by atoms with E-state index in [0.29, 0.717) is 11.4 Å². The first-order chi connectivity index (χ1) is 10.8. The predicted octanol–water partition coefficient (Wildman–Crippen LogP) is 3.96. The molecule has 0 aliphatic carbocycles. The normalized spacial score (nSPS) is 10.2. The third-order valence-electron chi connectivity index (χ3n) is 3.17. The maximum absolute atomic E-state index is 11.5. The maximum Gasteiger partial charge on any atom is 0.416 e. The number of hydrogen-bond acceptors (Lipinski definition) is 3. The fourth-order valence-corrected chi connectivity index (χ4v) is 2.15. The van der Waals surface area contributed by atoms with Crippen LogP contribution in [0.3, 0.4) is 0 Å². The van der Waals surface area contributed by atoms with Gasteiger partial charge in [0.2, 0.25) is 0 Å². The minimum atomic E-state index is -1.05. The van der Waals surface area contributed by atoms with E-state index < -0.39 is 6.09 Å². The van der Waals surface area contributed by atoms with Gasteiger partial charge in [0.1, 0.15) is 0 Å². The molecule has 0 aliphatic rings. The van der Waals surface area contributed by atoms with Gasteiger partial charge in [0.05, 0.1) is 23.3 Å². The fraction of sp³-hybridized carbons (Fsp3) is 0. The molecule has 22 heavy (non-hydrogen) atoms. The minimum Gasteiger partial charge on any atom is -0.464 e. The van der Waals surface area contributed by atoms with Gasteiger partial charge in [0, 0.05) is 18.0 Å². The molecular weight excluding hydrogens is 278 g/mol. The number of amides is 1. The highest BCUT2D eigenvalue weighted by atomic mass is 16.4. The van der Waals surface area contributed by atoms with Crippen molar-refractivity contribution in [1.82, 2.24) is 9.97 Å². The number of aromatic nitrogens is 2. The molecular formula is C17H13N3O2. The number of hydrogen-bond donors (Lipinski definition) is 1. The van der Waals surface area contributed by atoms with Gasteiger partial charge in [-0.15, -0.1) is 0 Å². The Morgan fingerprint density at radius 3 is 2.32 bits per heavy atom. The van der Waals surface area contributed by atoms with E-state index in [1.54, 1.807) is 55.0 Å². The first-order valence-corrected chi connectivity index (χ1v) is 6.70. The van der Waals surface area contributed by atoms with E-state index in [-0.39, 0.29) is 0 Å². The third-order valence-corrected chi connectivity index (χ3v) is 3.17. The first-order valence-electron chi connectivity index (χ1n) is 6.70. The zero-order valence-corrected chi connectivity index (χ0v) is 11.6. The Labute approximate surface area is 127 Å². The van der Waals surface area contributed by atoms with E-state index in [4.69, 9.17) is 0 Å². The zero-order chi connectivity index (χ0) is 15.4. The Balaban J connectivity index is 1.95. The summed E-state index contributed by atoms with van der Waals surface area (Å²) in [5.74, 6) is 0. The molecule has 0 fully saturated rings. The van der Waals surface area contributed by atoms with Crippen molar-refractivity contribution in [3.63, 3.8) is 0 Å². The summed E-state index contributed by atoms with van der Waals surface area (Å²) in [6, 6.07) is 16.2. The second-order valence-electron chi connectivity index (χ2n) is 4.60. The van der Waals surface area contributed by atoms with Crippen LogP contribution in [0, 0.1) is 0 Å². The maximum atomic E-state index is 11.5. The van der Waals surface area contributed by atoms with Crippen molar-refractivity contribution >= 4 is 17.5 Å². The molecule has 3 rings (SSSR count). The van der Waals surface area contributed by atoms with Gasteiger partial charge in [-0.3, -0.25) is 9.97 Å². The summed E-state index contributed by atoms with van der Waals surface area (Å²) in [4.78, 5) is 21.1. The first kappa shape index (κ1) is 13.8. The van der Waals surface area contributed by atoms with Crippen LogP contribution in [0.5, 0.6) is 0 Å². The number of pyridine rings is 2. The number of benzene rings is 1. The van der Waals surface area contributed by atoms with Crippen LogP contribution in [0.15, 0.2) is 73.2 Å². The highest BCUT2D eigenvalue weighted by molar-refractivity contribution is 5.94. The number of rotatable bonds is 3. The SMILES string of the molecule is O=C(O)N(c1ccccc1)c1ccc(-c2cccnc2)nc1. The molecule has 0 saturated heterocycles. The van der Waals surface area contributed by atoms with Crippen LogP contribution in [-0.2, 0) is 0 Å². The van der Waals surface area contributed by atoms with Gasteiger partial charge in [0.25, 0.3) is 0 Å². The van der Waals surface area contributed by atoms with Gasteiger partial charge in [-0.05, 0) is 36.4 Å². The molecule has 2 heterocycles. The van der Waals surface area contributed by atoms with Crippen molar-refractivity contribution in [2.45, 2.75) is 0 Å². The smallest absolute Gasteiger partial charge is 0.416 e. The molecule has 0 saturated carbocycles. The fourth-order valence-electron chi connectivity index (χ4n) is 2.15. The molecule has 0 bridgehead atoms. The van der Waals surface area contributed by atoms with Gasteiger partial charge in [-0.25, -0.2) is 9.69 Å². The van der Waals surface area contributed by atoms with Crippen molar-refractivity contribution in [3.05, 3.63) is 73.2 Å². The number of carboxylic acid groups (broad SMARTS) is 1. The van der Waals surface area contributed by atoms with Crippen molar-refractivity contribution in [2.75, 3.05) is 4.90 Å². The van der Waals surface area contributed by atoms with E-state index in [9.17, 15) is 9.90 Å². The topological polar surface area (TPSA) is 66.3 Å². The molecule has 0 unspecified atom stereocenters. The minimum absolute atomic E-state index is 0.492. The van der Waals surface area contributed by atoms with Crippen molar-refractivity contribution in [2.24, 2.45) is 0 Å². The molecule has 0 spiro atoms. The quantitative estimate of drug-likeness (QED) is 0.793. The molecule has 0 aliphatic heterocycles. The Morgan fingerprint density at radius 2 is 1.73 bits per heavy atom. The summed E-state index contributed by atoms with van der Waals surface area (Å²) in [6.45, 7) is 0. The molecule has 5 nitrogen and oxygen atoms in total. The van der Waals surface area contributed by atoms with E-state index in [0.717, 1.165) is 11.3 Å². The summed E-state index contributed by atoms with van der Waals surface area (Å²) in [7, 11) is 0. The van der Waals surface area contributed by atoms with Gasteiger partial charge in [-0.2, -0.15) is 0 Å². The Hall–Kier alpha value is -3.21. The van der Waals surface area contributed by atoms with Crippen molar-refractivity contribution < 1.29 is 9.90 Å². The highest BCUT2D eigenvalue weighted by Crippen LogP contribution is 2.26. The largest absolute Gasteiger partial charge is 0.464 e. The molecule has 1 aromatic carbocycles. The summed E-state index contributed by atoms with van der Waals surface area (Å²) in [6.07, 6.45) is 3.90. The summed E-state index contributed by atoms with van der Waals surface area (Å²) in [5.41, 5.74) is 2.70. The van der Waals surface area contributed by atoms with Crippen LogP contribution in [0.2, 0.25) is 0 Å². The molecule has 108 valence electrons. The monoisotopic (exact) mass is 291 g/mol. The number of carbonyl (C=O) groups is 1. The van der Waals surface area contributed by atoms with Gasteiger partial charge < -0.3 is 5.11 Å². The molecule has 3 aromatic rings. The Morgan fingerprint density at radius 1 is 0.909 bits per heavy atom. The van der Waals surface area contributed by atoms with E-state index in [2.05, 4.69) is 9.97 Å². The lowest BCUT2D eigenvalue weighted by Crippen LogP contribution is -2.23. The summed E-state index contributed by atoms with van der Waals surface area (Å²) in [5, 5.41) is 9.45. The highest BCUT2D eigenvalue weighted by Gasteiger charge is 2.16. The molecule has 0 radical (unpaired) electrons. The molecule has 0 atom stereocenters. The Bertz CT molecular complexity index is 759. The van der Waals surface area contributed by atoms with Gasteiger partial charge in [-0.1, -0.05) is 18.2 Å². The number of nitrogens with zero attached hydrogens (tertiary/aromatic N) is 3. The predicted molar refractivity (Wildman–Crippen MR) is 84.1 cm³/mol. The lowest BCUT2D eigenvalue weighted by Gasteiger charge is -2.19. The van der Waals surface area contributed by atoms with Crippen LogP contribution >= 0.6 is 0 Å². The lowest BCUT2D eigenvalue weighted by atomic mass is 10.2. The average Bonchev–Trinajstić information content (AvgIpc) is 2.57. The summed E-state index contributed by atoms with van der Waals surface area (Å²) >= 11 is 0. The molecule has 2 aromatic heterocycles. The van der Waals surface area contributed by atoms with E-state index >= 15 is 0 Å². The Kier molecular flexibility index (Phi) is 3.78. The number of anilines is 2. The van der Waals surface area contributed by atoms with Gasteiger partial charge >= 0.3 is 6.09 Å². The van der Waals surface area contributed by atoms with E-state index in [1.807, 2.05) is 18.2 Å². The second kappa shape index (κ2) is 6.05. The molecule has 1 N–H and O–H groups in total. The summed E-state index contributed by atoms with van der Waals surface area (Å²) < 4.78 is 0. The van der Waals surface area contributed by atoms with Crippen LogP contribution in [0.4, 0.5) is 16.2 Å². The van der Waals surface area contributed by atoms with Crippen LogP contribution in [0.25, 0.3) is 11.3 Å². The van der Waals surface area contributed by atoms with Gasteiger partial charge in [0.15, 0.2) is 0 Å². The zero-order valence-electron chi connectivity index (χ0n) is 11.6. The van der Waals surface area contributed by atoms with Crippen LogP contribution in [-0.4, -0.2) is 21.2 Å². The third kappa shape index (κ3) is 2.78. The second-order valence-corrected chi connectivity index (χ2v) is 4.60. The molecule has 1 amide bonds. The van der Waals surface area contributed by atoms with Crippen LogP contribution < -0.4 is 4.90 Å². The average molecular weight is 291 g/mol. The van der Waals surface area contributed by atoms with E-state index in [1.165, 1.54) is 4.90 Å². The molecule has 5 heteroatoms. The van der Waals surface area contributed by atoms with Crippen molar-refractivity contribution in [1.29, 1.82) is 0 Å². The number of para-hydroxylation sites is 1. The van der Waals surface area contributed by atoms with Crippen molar-refractivity contribution in [3.8, 4) is 11.3 Å². The van der Waals surface area contributed by atoms with Crippen LogP contribution in [0.1, 0.15) is 0 Å².